The number of likely N-dealkylation sites (tertiary alicyclic amines) is 1. The van der Waals surface area contributed by atoms with Crippen molar-refractivity contribution in [2.75, 3.05) is 25.5 Å². The van der Waals surface area contributed by atoms with Crippen LogP contribution in [0.15, 0.2) is 24.3 Å². The first-order valence-electron chi connectivity index (χ1n) is 9.35. The highest BCUT2D eigenvalue weighted by atomic mass is 16.2. The third-order valence-electron chi connectivity index (χ3n) is 5.44. The normalized spacial score (nSPS) is 22.3. The maximum Gasteiger partial charge on any atom is 0.233 e. The summed E-state index contributed by atoms with van der Waals surface area (Å²) in [6.45, 7) is 0.635. The highest BCUT2D eigenvalue weighted by molar-refractivity contribution is 6.05. The highest BCUT2D eigenvalue weighted by Crippen LogP contribution is 2.37. The third-order valence-corrected chi connectivity index (χ3v) is 5.44. The molecule has 1 N–H and O–H groups in total. The van der Waals surface area contributed by atoms with Crippen LogP contribution in [0.3, 0.4) is 0 Å². The van der Waals surface area contributed by atoms with Gasteiger partial charge in [-0.3, -0.25) is 19.3 Å². The van der Waals surface area contributed by atoms with Crippen LogP contribution in [0.1, 0.15) is 37.7 Å². The fraction of sp³-hybridized carbons (Fsp3) is 0.550. The summed E-state index contributed by atoms with van der Waals surface area (Å²) in [6, 6.07) is 7.97. The fourth-order valence-corrected chi connectivity index (χ4v) is 3.87. The van der Waals surface area contributed by atoms with E-state index in [9.17, 15) is 14.4 Å². The highest BCUT2D eigenvalue weighted by Gasteiger charge is 2.47. The Balaban J connectivity index is 1.46. The van der Waals surface area contributed by atoms with E-state index in [1.54, 1.807) is 0 Å². The molecule has 2 unspecified atom stereocenters. The van der Waals surface area contributed by atoms with Crippen LogP contribution in [-0.4, -0.2) is 43.3 Å². The Kier molecular flexibility index (Phi) is 5.59. The molecule has 140 valence electrons. The van der Waals surface area contributed by atoms with Crippen molar-refractivity contribution in [3.05, 3.63) is 29.8 Å². The van der Waals surface area contributed by atoms with Crippen LogP contribution in [-0.2, 0) is 20.9 Å². The lowest BCUT2D eigenvalue weighted by atomic mass is 9.81. The van der Waals surface area contributed by atoms with Crippen LogP contribution < -0.4 is 10.2 Å². The molecular formula is C20H27N3O3. The lowest BCUT2D eigenvalue weighted by Gasteiger charge is -2.19. The predicted octanol–water partition coefficient (Wildman–Crippen LogP) is 1.93. The lowest BCUT2D eigenvalue weighted by Crippen LogP contribution is -2.35. The van der Waals surface area contributed by atoms with E-state index in [0.29, 0.717) is 6.54 Å². The van der Waals surface area contributed by atoms with Crippen molar-refractivity contribution in [3.8, 4) is 0 Å². The number of imide groups is 1. The number of benzene rings is 1. The SMILES string of the molecule is CN(C)c1ccc(CNC(=O)CCN2C(=O)C3CCCCC3C2=O)cc1. The molecule has 0 spiro atoms. The van der Waals surface area contributed by atoms with Crippen LogP contribution in [0.25, 0.3) is 0 Å². The van der Waals surface area contributed by atoms with Crippen molar-refractivity contribution in [3.63, 3.8) is 0 Å². The molecule has 1 aliphatic carbocycles. The second-order valence-electron chi connectivity index (χ2n) is 7.41. The summed E-state index contributed by atoms with van der Waals surface area (Å²) >= 11 is 0. The molecule has 1 saturated carbocycles. The molecule has 2 fully saturated rings. The van der Waals surface area contributed by atoms with Gasteiger partial charge in [-0.2, -0.15) is 0 Å². The first kappa shape index (κ1) is 18.4. The van der Waals surface area contributed by atoms with Gasteiger partial charge in [0.05, 0.1) is 11.8 Å². The average Bonchev–Trinajstić information content (AvgIpc) is 2.89. The van der Waals surface area contributed by atoms with E-state index in [1.165, 1.54) is 4.90 Å². The quantitative estimate of drug-likeness (QED) is 0.790. The van der Waals surface area contributed by atoms with Crippen LogP contribution in [0, 0.1) is 11.8 Å². The third kappa shape index (κ3) is 3.89. The zero-order valence-electron chi connectivity index (χ0n) is 15.5. The van der Waals surface area contributed by atoms with Gasteiger partial charge in [-0.25, -0.2) is 0 Å². The Morgan fingerprint density at radius 1 is 1.08 bits per heavy atom. The monoisotopic (exact) mass is 357 g/mol. The van der Waals surface area contributed by atoms with E-state index in [-0.39, 0.29) is 42.5 Å². The molecule has 0 radical (unpaired) electrons. The molecule has 1 saturated heterocycles. The van der Waals surface area contributed by atoms with Gasteiger partial charge in [0.25, 0.3) is 0 Å². The molecule has 1 aromatic rings. The number of nitrogens with zero attached hydrogens (tertiary/aromatic N) is 2. The number of nitrogens with one attached hydrogen (secondary N) is 1. The van der Waals surface area contributed by atoms with Gasteiger partial charge in [0.2, 0.25) is 17.7 Å². The topological polar surface area (TPSA) is 69.7 Å². The van der Waals surface area contributed by atoms with Crippen LogP contribution >= 0.6 is 0 Å². The average molecular weight is 357 g/mol. The van der Waals surface area contributed by atoms with Crippen molar-refractivity contribution in [2.45, 2.75) is 38.6 Å². The van der Waals surface area contributed by atoms with Gasteiger partial charge in [-0.1, -0.05) is 25.0 Å². The summed E-state index contributed by atoms with van der Waals surface area (Å²) in [5, 5.41) is 2.86. The van der Waals surface area contributed by atoms with Crippen molar-refractivity contribution in [1.29, 1.82) is 0 Å². The summed E-state index contributed by atoms with van der Waals surface area (Å²) in [7, 11) is 3.96. The zero-order chi connectivity index (χ0) is 18.7. The molecule has 2 atom stereocenters. The molecule has 0 bridgehead atoms. The largest absolute Gasteiger partial charge is 0.378 e. The summed E-state index contributed by atoms with van der Waals surface area (Å²) in [5.74, 6) is -0.584. The van der Waals surface area contributed by atoms with Gasteiger partial charge in [-0.05, 0) is 30.5 Å². The molecule has 26 heavy (non-hydrogen) atoms. The van der Waals surface area contributed by atoms with Gasteiger partial charge in [0.15, 0.2) is 0 Å². The van der Waals surface area contributed by atoms with Crippen LogP contribution in [0.5, 0.6) is 0 Å². The number of carbonyl (C=O) groups is 3. The summed E-state index contributed by atoms with van der Waals surface area (Å²) < 4.78 is 0. The number of hydrogen-bond acceptors (Lipinski definition) is 4. The van der Waals surface area contributed by atoms with Crippen molar-refractivity contribution in [1.82, 2.24) is 10.2 Å². The maximum absolute atomic E-state index is 12.4. The van der Waals surface area contributed by atoms with Crippen LogP contribution in [0.2, 0.25) is 0 Å². The molecule has 0 aromatic heterocycles. The van der Waals surface area contributed by atoms with E-state index in [4.69, 9.17) is 0 Å². The Morgan fingerprint density at radius 3 is 2.19 bits per heavy atom. The number of rotatable bonds is 6. The molecule has 3 rings (SSSR count). The minimum absolute atomic E-state index is 0.0771. The number of fused-ring (bicyclic) bond motifs is 1. The zero-order valence-corrected chi connectivity index (χ0v) is 15.5. The van der Waals surface area contributed by atoms with Crippen molar-refractivity contribution in [2.24, 2.45) is 11.8 Å². The molecule has 6 heteroatoms. The number of anilines is 1. The van der Waals surface area contributed by atoms with E-state index < -0.39 is 0 Å². The van der Waals surface area contributed by atoms with Gasteiger partial charge >= 0.3 is 0 Å². The maximum atomic E-state index is 12.4. The predicted molar refractivity (Wildman–Crippen MR) is 99.4 cm³/mol. The van der Waals surface area contributed by atoms with Crippen molar-refractivity contribution >= 4 is 23.4 Å². The molecule has 1 aliphatic heterocycles. The van der Waals surface area contributed by atoms with Crippen molar-refractivity contribution < 1.29 is 14.4 Å². The molecule has 6 nitrogen and oxygen atoms in total. The van der Waals surface area contributed by atoms with Crippen LogP contribution in [0.4, 0.5) is 5.69 Å². The first-order chi connectivity index (χ1) is 12.5. The lowest BCUT2D eigenvalue weighted by molar-refractivity contribution is -0.140. The first-order valence-corrected chi connectivity index (χ1v) is 9.35. The summed E-state index contributed by atoms with van der Waals surface area (Å²) in [4.78, 5) is 40.2. The Labute approximate surface area is 154 Å². The standard InChI is InChI=1S/C20H27N3O3/c1-22(2)15-9-7-14(8-10-15)13-21-18(24)11-12-23-19(25)16-5-3-4-6-17(16)20(23)26/h7-10,16-17H,3-6,11-13H2,1-2H3,(H,21,24). The number of hydrogen-bond donors (Lipinski definition) is 1. The van der Waals surface area contributed by atoms with E-state index in [2.05, 4.69) is 5.32 Å². The molecule has 3 amide bonds. The smallest absolute Gasteiger partial charge is 0.233 e. The molecular weight excluding hydrogens is 330 g/mol. The minimum atomic E-state index is -0.144. The molecule has 2 aliphatic rings. The van der Waals surface area contributed by atoms with Gasteiger partial charge in [0.1, 0.15) is 0 Å². The number of amides is 3. The second kappa shape index (κ2) is 7.89. The van der Waals surface area contributed by atoms with Gasteiger partial charge < -0.3 is 10.2 Å². The second-order valence-corrected chi connectivity index (χ2v) is 7.41. The Bertz CT molecular complexity index is 660. The van der Waals surface area contributed by atoms with E-state index in [0.717, 1.165) is 36.9 Å². The van der Waals surface area contributed by atoms with Gasteiger partial charge in [0, 0.05) is 39.3 Å². The van der Waals surface area contributed by atoms with Gasteiger partial charge in [-0.15, -0.1) is 0 Å². The minimum Gasteiger partial charge on any atom is -0.378 e. The summed E-state index contributed by atoms with van der Waals surface area (Å²) in [6.07, 6.45) is 3.80. The molecule has 1 heterocycles. The van der Waals surface area contributed by atoms with E-state index in [1.807, 2.05) is 43.3 Å². The van der Waals surface area contributed by atoms with E-state index >= 15 is 0 Å². The summed E-state index contributed by atoms with van der Waals surface area (Å²) in [5.41, 5.74) is 2.12. The Hall–Kier alpha value is -2.37. The number of carbonyl (C=O) groups excluding carboxylic acids is 3. The fourth-order valence-electron chi connectivity index (χ4n) is 3.87. The Morgan fingerprint density at radius 2 is 1.65 bits per heavy atom. The molecule has 1 aromatic carbocycles.